The quantitative estimate of drug-likeness (QED) is 0.778. The molecule has 1 aromatic rings. The largest absolute Gasteiger partial charge is 0.450 e. The molecule has 3 saturated heterocycles. The van der Waals surface area contributed by atoms with E-state index in [9.17, 15) is 9.59 Å². The number of ether oxygens (including phenoxy) is 2. The summed E-state index contributed by atoms with van der Waals surface area (Å²) in [5.74, 6) is 0.0364. The number of rotatable bonds is 3. The Kier molecular flexibility index (Phi) is 6.06. The zero-order valence-corrected chi connectivity index (χ0v) is 17.2. The topological polar surface area (TPSA) is 62.3 Å². The molecule has 7 heteroatoms. The number of para-hydroxylation sites is 1. The van der Waals surface area contributed by atoms with Gasteiger partial charge in [-0.15, -0.1) is 0 Å². The Hall–Kier alpha value is -2.12. The van der Waals surface area contributed by atoms with Crippen LogP contribution in [0, 0.1) is 5.41 Å². The van der Waals surface area contributed by atoms with Crippen molar-refractivity contribution in [3.63, 3.8) is 0 Å². The molecule has 29 heavy (non-hydrogen) atoms. The van der Waals surface area contributed by atoms with Gasteiger partial charge in [-0.05, 0) is 44.9 Å². The lowest BCUT2D eigenvalue weighted by molar-refractivity contribution is -0.122. The van der Waals surface area contributed by atoms with Gasteiger partial charge in [-0.3, -0.25) is 9.69 Å². The van der Waals surface area contributed by atoms with Gasteiger partial charge < -0.3 is 19.3 Å². The highest BCUT2D eigenvalue weighted by molar-refractivity contribution is 5.94. The van der Waals surface area contributed by atoms with Crippen LogP contribution >= 0.6 is 0 Å². The Balaban J connectivity index is 1.39. The highest BCUT2D eigenvalue weighted by Crippen LogP contribution is 2.37. The average molecular weight is 402 g/mol. The second kappa shape index (κ2) is 8.71. The highest BCUT2D eigenvalue weighted by Gasteiger charge is 2.45. The van der Waals surface area contributed by atoms with Crippen LogP contribution in [0.4, 0.5) is 10.5 Å². The minimum Gasteiger partial charge on any atom is -0.450 e. The SMILES string of the molecule is CCOC(=O)N1CCC(N2CCC3(COCC(=O)N(c4ccccc4)C3)C2)CC1. The normalized spacial score (nSPS) is 26.7. The Morgan fingerprint density at radius 3 is 2.66 bits per heavy atom. The summed E-state index contributed by atoms with van der Waals surface area (Å²) in [6.45, 7) is 7.19. The minimum atomic E-state index is -0.196. The fourth-order valence-electron chi connectivity index (χ4n) is 4.90. The maximum absolute atomic E-state index is 12.6. The van der Waals surface area contributed by atoms with E-state index >= 15 is 0 Å². The van der Waals surface area contributed by atoms with Crippen molar-refractivity contribution in [1.82, 2.24) is 9.80 Å². The van der Waals surface area contributed by atoms with E-state index in [2.05, 4.69) is 4.90 Å². The van der Waals surface area contributed by atoms with E-state index < -0.39 is 0 Å². The Labute approximate surface area is 172 Å². The Morgan fingerprint density at radius 1 is 1.17 bits per heavy atom. The van der Waals surface area contributed by atoms with Crippen molar-refractivity contribution in [3.8, 4) is 0 Å². The van der Waals surface area contributed by atoms with Gasteiger partial charge in [-0.2, -0.15) is 0 Å². The van der Waals surface area contributed by atoms with Crippen LogP contribution in [0.1, 0.15) is 26.2 Å². The minimum absolute atomic E-state index is 0.0275. The number of carbonyl (C=O) groups excluding carboxylic acids is 2. The lowest BCUT2D eigenvalue weighted by Gasteiger charge is -2.38. The third kappa shape index (κ3) is 4.41. The molecule has 158 valence electrons. The summed E-state index contributed by atoms with van der Waals surface area (Å²) < 4.78 is 10.9. The van der Waals surface area contributed by atoms with Gasteiger partial charge in [0.1, 0.15) is 6.61 Å². The molecule has 2 amide bonds. The van der Waals surface area contributed by atoms with Gasteiger partial charge in [0.2, 0.25) is 0 Å². The lowest BCUT2D eigenvalue weighted by Crippen LogP contribution is -2.48. The van der Waals surface area contributed by atoms with E-state index in [4.69, 9.17) is 9.47 Å². The molecule has 3 aliphatic heterocycles. The monoisotopic (exact) mass is 401 g/mol. The summed E-state index contributed by atoms with van der Waals surface area (Å²) in [5.41, 5.74) is 0.920. The van der Waals surface area contributed by atoms with E-state index in [-0.39, 0.29) is 24.0 Å². The summed E-state index contributed by atoms with van der Waals surface area (Å²) in [6, 6.07) is 10.4. The van der Waals surface area contributed by atoms with Crippen LogP contribution in [0.5, 0.6) is 0 Å². The van der Waals surface area contributed by atoms with Crippen LogP contribution in [0.2, 0.25) is 0 Å². The first-order valence-electron chi connectivity index (χ1n) is 10.7. The van der Waals surface area contributed by atoms with Crippen molar-refractivity contribution < 1.29 is 19.1 Å². The van der Waals surface area contributed by atoms with Crippen LogP contribution in [0.3, 0.4) is 0 Å². The van der Waals surface area contributed by atoms with Gasteiger partial charge >= 0.3 is 6.09 Å². The van der Waals surface area contributed by atoms with Crippen LogP contribution in [-0.4, -0.2) is 80.4 Å². The number of anilines is 1. The lowest BCUT2D eigenvalue weighted by atomic mass is 9.87. The van der Waals surface area contributed by atoms with Crippen molar-refractivity contribution in [1.29, 1.82) is 0 Å². The van der Waals surface area contributed by atoms with Crippen LogP contribution in [0.25, 0.3) is 0 Å². The van der Waals surface area contributed by atoms with Crippen molar-refractivity contribution >= 4 is 17.7 Å². The Morgan fingerprint density at radius 2 is 1.93 bits per heavy atom. The number of nitrogens with zero attached hydrogens (tertiary/aromatic N) is 3. The van der Waals surface area contributed by atoms with Gasteiger partial charge in [0.25, 0.3) is 5.91 Å². The second-order valence-corrected chi connectivity index (χ2v) is 8.45. The molecule has 0 radical (unpaired) electrons. The Bertz CT molecular complexity index is 720. The zero-order chi connectivity index (χ0) is 20.3. The van der Waals surface area contributed by atoms with Crippen LogP contribution in [-0.2, 0) is 14.3 Å². The molecule has 1 atom stereocenters. The van der Waals surface area contributed by atoms with Crippen molar-refractivity contribution in [2.45, 2.75) is 32.2 Å². The molecule has 0 aliphatic carbocycles. The maximum Gasteiger partial charge on any atom is 0.409 e. The molecular weight excluding hydrogens is 370 g/mol. The van der Waals surface area contributed by atoms with Gasteiger partial charge in [-0.1, -0.05) is 18.2 Å². The third-order valence-corrected chi connectivity index (χ3v) is 6.47. The molecule has 0 N–H and O–H groups in total. The molecule has 3 fully saturated rings. The molecular formula is C22H31N3O4. The molecule has 0 bridgehead atoms. The van der Waals surface area contributed by atoms with E-state index in [0.717, 1.165) is 51.1 Å². The summed E-state index contributed by atoms with van der Waals surface area (Å²) >= 11 is 0. The number of likely N-dealkylation sites (tertiary alicyclic amines) is 2. The van der Waals surface area contributed by atoms with E-state index in [1.165, 1.54) is 0 Å². The molecule has 1 unspecified atom stereocenters. The number of piperidine rings is 1. The second-order valence-electron chi connectivity index (χ2n) is 8.45. The first kappa shape index (κ1) is 20.2. The predicted octanol–water partition coefficient (Wildman–Crippen LogP) is 2.36. The van der Waals surface area contributed by atoms with Crippen molar-refractivity contribution in [2.75, 3.05) is 57.4 Å². The van der Waals surface area contributed by atoms with Crippen LogP contribution in [0.15, 0.2) is 30.3 Å². The van der Waals surface area contributed by atoms with E-state index in [1.54, 1.807) is 0 Å². The summed E-state index contributed by atoms with van der Waals surface area (Å²) in [5, 5.41) is 0. The molecule has 3 heterocycles. The van der Waals surface area contributed by atoms with E-state index in [1.807, 2.05) is 47.1 Å². The summed E-state index contributed by atoms with van der Waals surface area (Å²) in [4.78, 5) is 30.8. The predicted molar refractivity (Wildman–Crippen MR) is 110 cm³/mol. The standard InChI is InChI=1S/C22H31N3O4/c1-2-29-21(27)23-11-8-18(9-12-23)24-13-10-22(15-24)16-25(20(26)14-28-17-22)19-6-4-3-5-7-19/h3-7,18H,2,8-17H2,1H3. The van der Waals surface area contributed by atoms with Gasteiger partial charge in [0.15, 0.2) is 0 Å². The summed E-state index contributed by atoms with van der Waals surface area (Å²) in [6.07, 6.45) is 2.77. The zero-order valence-electron chi connectivity index (χ0n) is 17.2. The summed E-state index contributed by atoms with van der Waals surface area (Å²) in [7, 11) is 0. The van der Waals surface area contributed by atoms with Crippen LogP contribution < -0.4 is 4.90 Å². The fraction of sp³-hybridized carbons (Fsp3) is 0.636. The van der Waals surface area contributed by atoms with Gasteiger partial charge in [0, 0.05) is 43.3 Å². The average Bonchev–Trinajstić information content (AvgIpc) is 3.09. The van der Waals surface area contributed by atoms with Gasteiger partial charge in [0.05, 0.1) is 13.2 Å². The number of benzene rings is 1. The molecule has 4 rings (SSSR count). The number of hydrogen-bond donors (Lipinski definition) is 0. The molecule has 1 aromatic carbocycles. The highest BCUT2D eigenvalue weighted by atomic mass is 16.6. The van der Waals surface area contributed by atoms with E-state index in [0.29, 0.717) is 25.8 Å². The first-order valence-corrected chi connectivity index (χ1v) is 10.7. The number of carbonyl (C=O) groups is 2. The van der Waals surface area contributed by atoms with Gasteiger partial charge in [-0.25, -0.2) is 4.79 Å². The van der Waals surface area contributed by atoms with Crippen molar-refractivity contribution in [3.05, 3.63) is 30.3 Å². The maximum atomic E-state index is 12.6. The number of amides is 2. The van der Waals surface area contributed by atoms with Crippen molar-refractivity contribution in [2.24, 2.45) is 5.41 Å². The molecule has 0 saturated carbocycles. The smallest absolute Gasteiger partial charge is 0.409 e. The molecule has 3 aliphatic rings. The number of hydrogen-bond acceptors (Lipinski definition) is 5. The molecule has 0 aromatic heterocycles. The fourth-order valence-corrected chi connectivity index (χ4v) is 4.90. The first-order chi connectivity index (χ1) is 14.1. The third-order valence-electron chi connectivity index (χ3n) is 6.47. The molecule has 1 spiro atoms. The molecule has 7 nitrogen and oxygen atoms in total.